The van der Waals surface area contributed by atoms with Gasteiger partial charge in [-0.2, -0.15) is 0 Å². The highest BCUT2D eigenvalue weighted by Gasteiger charge is 2.17. The first-order valence-electron chi connectivity index (χ1n) is 7.31. The maximum atomic E-state index is 12.0. The summed E-state index contributed by atoms with van der Waals surface area (Å²) < 4.78 is 0. The molecule has 1 rings (SSSR count). The molecule has 1 atom stereocenters. The van der Waals surface area contributed by atoms with E-state index in [-0.39, 0.29) is 5.92 Å². The van der Waals surface area contributed by atoms with Crippen molar-refractivity contribution in [2.24, 2.45) is 5.92 Å². The first-order chi connectivity index (χ1) is 8.34. The van der Waals surface area contributed by atoms with Crippen LogP contribution < -0.4 is 0 Å². The van der Waals surface area contributed by atoms with Crippen molar-refractivity contribution < 1.29 is 9.59 Å². The zero-order valence-corrected chi connectivity index (χ0v) is 11.0. The number of hydrogen-bond donors (Lipinski definition) is 0. The first-order valence-corrected chi connectivity index (χ1v) is 7.31. The van der Waals surface area contributed by atoms with Crippen LogP contribution in [0.4, 0.5) is 0 Å². The summed E-state index contributed by atoms with van der Waals surface area (Å²) in [4.78, 5) is 22.4. The van der Waals surface area contributed by atoms with Gasteiger partial charge >= 0.3 is 0 Å². The van der Waals surface area contributed by atoms with Crippen LogP contribution in [0, 0.1) is 5.92 Å². The predicted octanol–water partition coefficient (Wildman–Crippen LogP) is 4.07. The van der Waals surface area contributed by atoms with Gasteiger partial charge in [-0.3, -0.25) is 4.79 Å². The summed E-state index contributed by atoms with van der Waals surface area (Å²) in [7, 11) is 0. The highest BCUT2D eigenvalue weighted by molar-refractivity contribution is 5.81. The summed E-state index contributed by atoms with van der Waals surface area (Å²) in [5.74, 6) is 0.576. The molecule has 0 aromatic carbocycles. The second-order valence-corrected chi connectivity index (χ2v) is 5.27. The van der Waals surface area contributed by atoms with Gasteiger partial charge in [0.1, 0.15) is 12.1 Å². The number of ketones is 1. The third kappa shape index (κ3) is 6.60. The Kier molecular flexibility index (Phi) is 7.94. The van der Waals surface area contributed by atoms with Crippen molar-refractivity contribution >= 4 is 12.1 Å². The molecule has 0 radical (unpaired) electrons. The molecular weight excluding hydrogens is 212 g/mol. The monoisotopic (exact) mass is 238 g/mol. The zero-order valence-electron chi connectivity index (χ0n) is 11.0. The molecule has 0 amide bonds. The maximum absolute atomic E-state index is 12.0. The lowest BCUT2D eigenvalue weighted by Gasteiger charge is -2.15. The van der Waals surface area contributed by atoms with Crippen LogP contribution in [-0.2, 0) is 9.59 Å². The molecule has 0 aliphatic heterocycles. The number of Topliss-reactive ketones (excluding diaryl/α,β-unsaturated/α-hetero) is 1. The molecule has 0 N–H and O–H groups in total. The summed E-state index contributed by atoms with van der Waals surface area (Å²) in [6, 6.07) is 0. The summed E-state index contributed by atoms with van der Waals surface area (Å²) in [6.45, 7) is 0. The average molecular weight is 238 g/mol. The van der Waals surface area contributed by atoms with Crippen LogP contribution in [-0.4, -0.2) is 12.1 Å². The van der Waals surface area contributed by atoms with Gasteiger partial charge in [0.15, 0.2) is 0 Å². The Bertz CT molecular complexity index is 223. The van der Waals surface area contributed by atoms with Crippen molar-refractivity contribution in [1.82, 2.24) is 0 Å². The normalized spacial score (nSPS) is 24.7. The first kappa shape index (κ1) is 14.4. The number of hydrogen-bond acceptors (Lipinski definition) is 2. The zero-order chi connectivity index (χ0) is 12.3. The van der Waals surface area contributed by atoms with Gasteiger partial charge in [-0.05, 0) is 19.3 Å². The van der Waals surface area contributed by atoms with Crippen molar-refractivity contribution in [2.75, 3.05) is 0 Å². The number of carbonyl (C=O) groups is 2. The molecule has 1 aliphatic carbocycles. The number of aldehydes is 1. The van der Waals surface area contributed by atoms with Crippen LogP contribution >= 0.6 is 0 Å². The topological polar surface area (TPSA) is 34.1 Å². The molecule has 0 aromatic heterocycles. The van der Waals surface area contributed by atoms with Gasteiger partial charge in [-0.25, -0.2) is 0 Å². The van der Waals surface area contributed by atoms with E-state index in [0.29, 0.717) is 12.2 Å². The molecule has 0 saturated heterocycles. The molecule has 0 bridgehead atoms. The van der Waals surface area contributed by atoms with Crippen molar-refractivity contribution in [1.29, 1.82) is 0 Å². The van der Waals surface area contributed by atoms with E-state index in [1.807, 2.05) is 0 Å². The third-order valence-corrected chi connectivity index (χ3v) is 3.81. The van der Waals surface area contributed by atoms with E-state index in [1.165, 1.54) is 38.5 Å². The van der Waals surface area contributed by atoms with E-state index in [1.54, 1.807) is 0 Å². The average Bonchev–Trinajstić information content (AvgIpc) is 2.33. The molecular formula is C15H26O2. The SMILES string of the molecule is O=CCCC1CCCCCCCCCCC1=O. The molecule has 1 unspecified atom stereocenters. The van der Waals surface area contributed by atoms with Crippen LogP contribution in [0.1, 0.15) is 77.0 Å². The van der Waals surface area contributed by atoms with Crippen molar-refractivity contribution in [3.63, 3.8) is 0 Å². The summed E-state index contributed by atoms with van der Waals surface area (Å²) in [6.07, 6.45) is 14.0. The molecule has 2 heteroatoms. The van der Waals surface area contributed by atoms with Crippen LogP contribution in [0.25, 0.3) is 0 Å². The lowest BCUT2D eigenvalue weighted by molar-refractivity contribution is -0.123. The predicted molar refractivity (Wildman–Crippen MR) is 70.0 cm³/mol. The Balaban J connectivity index is 2.39. The lowest BCUT2D eigenvalue weighted by atomic mass is 9.89. The third-order valence-electron chi connectivity index (χ3n) is 3.81. The fourth-order valence-corrected chi connectivity index (χ4v) is 2.69. The number of carbonyl (C=O) groups excluding carboxylic acids is 2. The molecule has 1 aliphatic rings. The minimum absolute atomic E-state index is 0.166. The Morgan fingerprint density at radius 3 is 2.18 bits per heavy atom. The van der Waals surface area contributed by atoms with E-state index in [9.17, 15) is 9.59 Å². The maximum Gasteiger partial charge on any atom is 0.135 e. The number of rotatable bonds is 3. The summed E-state index contributed by atoms with van der Waals surface area (Å²) in [5.41, 5.74) is 0. The van der Waals surface area contributed by atoms with Crippen molar-refractivity contribution in [3.05, 3.63) is 0 Å². The Morgan fingerprint density at radius 1 is 0.941 bits per heavy atom. The van der Waals surface area contributed by atoms with Crippen LogP contribution in [0.3, 0.4) is 0 Å². The molecule has 0 aromatic rings. The smallest absolute Gasteiger partial charge is 0.135 e. The second kappa shape index (κ2) is 9.38. The van der Waals surface area contributed by atoms with Gasteiger partial charge < -0.3 is 4.79 Å². The Hall–Kier alpha value is -0.660. The molecule has 2 nitrogen and oxygen atoms in total. The fraction of sp³-hybridized carbons (Fsp3) is 0.867. The standard InChI is InChI=1S/C15H26O2/c16-13-9-11-14-10-7-5-3-1-2-4-6-8-12-15(14)17/h13-14H,1-12H2. The van der Waals surface area contributed by atoms with Crippen molar-refractivity contribution in [3.8, 4) is 0 Å². The second-order valence-electron chi connectivity index (χ2n) is 5.27. The summed E-state index contributed by atoms with van der Waals surface area (Å²) in [5, 5.41) is 0. The lowest BCUT2D eigenvalue weighted by Crippen LogP contribution is -2.15. The molecule has 17 heavy (non-hydrogen) atoms. The van der Waals surface area contributed by atoms with Gasteiger partial charge in [0.2, 0.25) is 0 Å². The highest BCUT2D eigenvalue weighted by Crippen LogP contribution is 2.21. The highest BCUT2D eigenvalue weighted by atomic mass is 16.1. The van der Waals surface area contributed by atoms with Crippen LogP contribution in [0.15, 0.2) is 0 Å². The van der Waals surface area contributed by atoms with Gasteiger partial charge in [0.25, 0.3) is 0 Å². The Labute approximate surface area is 105 Å². The summed E-state index contributed by atoms with van der Waals surface area (Å²) >= 11 is 0. The van der Waals surface area contributed by atoms with Gasteiger partial charge in [-0.1, -0.05) is 44.9 Å². The Morgan fingerprint density at radius 2 is 1.53 bits per heavy atom. The van der Waals surface area contributed by atoms with E-state index in [2.05, 4.69) is 0 Å². The largest absolute Gasteiger partial charge is 0.303 e. The van der Waals surface area contributed by atoms with Crippen molar-refractivity contribution in [2.45, 2.75) is 77.0 Å². The van der Waals surface area contributed by atoms with E-state index in [0.717, 1.165) is 38.4 Å². The van der Waals surface area contributed by atoms with Gasteiger partial charge in [-0.15, -0.1) is 0 Å². The molecule has 0 spiro atoms. The van der Waals surface area contributed by atoms with E-state index >= 15 is 0 Å². The van der Waals surface area contributed by atoms with Crippen LogP contribution in [0.5, 0.6) is 0 Å². The van der Waals surface area contributed by atoms with E-state index < -0.39 is 0 Å². The van der Waals surface area contributed by atoms with Crippen LogP contribution in [0.2, 0.25) is 0 Å². The molecule has 0 heterocycles. The minimum Gasteiger partial charge on any atom is -0.303 e. The van der Waals surface area contributed by atoms with Gasteiger partial charge in [0, 0.05) is 18.8 Å². The molecule has 98 valence electrons. The fourth-order valence-electron chi connectivity index (χ4n) is 2.69. The quantitative estimate of drug-likeness (QED) is 0.695. The molecule has 1 saturated carbocycles. The minimum atomic E-state index is 0.166. The van der Waals surface area contributed by atoms with Gasteiger partial charge in [0.05, 0.1) is 0 Å². The van der Waals surface area contributed by atoms with E-state index in [4.69, 9.17) is 0 Å². The molecule has 1 fully saturated rings.